The van der Waals surface area contributed by atoms with E-state index in [9.17, 15) is 58.2 Å². The highest BCUT2D eigenvalue weighted by molar-refractivity contribution is 7.80. The molecular formula is C92H142N12O26S. The number of hydrogen-bond donors (Lipinski definition) is 12. The molecule has 9 atom stereocenters. The number of benzene rings is 2. The Morgan fingerprint density at radius 3 is 1.58 bits per heavy atom. The molecule has 39 heteroatoms. The van der Waals surface area contributed by atoms with Gasteiger partial charge < -0.3 is 120 Å². The number of amidine groups is 1. The van der Waals surface area contributed by atoms with Crippen LogP contribution in [0.1, 0.15) is 147 Å². The SMILES string of the molecule is CC(N)=NCCC[C@H](CC(=O)[C@H](CC(C)C)NC(=O)[C@@H](CCCCNC(=O)CCOCCOCCOCCOCCOCCOCCOCCOCCOCCOCCOCCOCCS)CC(=O)[C@H](Cc1ccc(O)cc1)NC(=O)[C@H](CO)CC(=O)[C@H](Cc1c[nH]c2ccccc12)NC(=O)[C@@H](CC(=O)C1CCC(=O)N1)Cc1cnc[nH]1)C(=O)N1CCC[C@@H]1C(=O)CCC(N)=O. The highest BCUT2D eigenvalue weighted by Crippen LogP contribution is 2.29. The van der Waals surface area contributed by atoms with Crippen LogP contribution in [0.3, 0.4) is 0 Å². The average Bonchev–Trinajstić information content (AvgIpc) is 1.70. The van der Waals surface area contributed by atoms with E-state index in [4.69, 9.17) is 68.3 Å². The Bertz CT molecular complexity index is 4040. The largest absolute Gasteiger partial charge is 0.508 e. The minimum atomic E-state index is -1.53. The van der Waals surface area contributed by atoms with Crippen LogP contribution in [0.25, 0.3) is 10.9 Å². The highest BCUT2D eigenvalue weighted by atomic mass is 32.1. The van der Waals surface area contributed by atoms with Gasteiger partial charge in [0, 0.05) is 130 Å². The van der Waals surface area contributed by atoms with E-state index in [0.29, 0.717) is 193 Å². The zero-order chi connectivity index (χ0) is 94.6. The number of carbonyl (C=O) groups excluding carboxylic acids is 12. The number of rotatable bonds is 79. The molecule has 732 valence electrons. The molecule has 4 aromatic rings. The molecule has 0 saturated carbocycles. The number of aliphatic imine (C=N–C) groups is 1. The number of hydrogen-bond acceptors (Lipinski definition) is 29. The second kappa shape index (κ2) is 66.3. The number of aliphatic hydroxyl groups is 1. The molecule has 2 aromatic carbocycles. The van der Waals surface area contributed by atoms with Crippen LogP contribution in [0.4, 0.5) is 0 Å². The van der Waals surface area contributed by atoms with E-state index in [1.807, 2.05) is 32.0 Å². The van der Waals surface area contributed by atoms with E-state index in [-0.39, 0.29) is 164 Å². The van der Waals surface area contributed by atoms with Gasteiger partial charge in [0.05, 0.1) is 219 Å². The molecule has 2 aliphatic heterocycles. The van der Waals surface area contributed by atoms with Gasteiger partial charge in [0.25, 0.3) is 0 Å². The predicted molar refractivity (Wildman–Crippen MR) is 487 cm³/mol. The summed E-state index contributed by atoms with van der Waals surface area (Å²) in [6.07, 6.45) is 4.50. The van der Waals surface area contributed by atoms with Gasteiger partial charge in [0.15, 0.2) is 28.9 Å². The van der Waals surface area contributed by atoms with Gasteiger partial charge >= 0.3 is 0 Å². The Labute approximate surface area is 772 Å². The Balaban J connectivity index is 1.02. The molecule has 38 nitrogen and oxygen atoms in total. The van der Waals surface area contributed by atoms with Crippen LogP contribution in [0.5, 0.6) is 5.75 Å². The number of aromatic amines is 2. The first-order valence-electron chi connectivity index (χ1n) is 45.8. The first kappa shape index (κ1) is 111. The third kappa shape index (κ3) is 46.4. The number of ketones is 5. The minimum Gasteiger partial charge on any atom is -0.508 e. The molecule has 13 N–H and O–H groups in total. The lowest BCUT2D eigenvalue weighted by Crippen LogP contribution is -2.50. The minimum absolute atomic E-state index is 0.00145. The maximum Gasteiger partial charge on any atom is 0.226 e. The van der Waals surface area contributed by atoms with Crippen molar-refractivity contribution < 1.29 is 125 Å². The third-order valence-electron chi connectivity index (χ3n) is 21.9. The lowest BCUT2D eigenvalue weighted by atomic mass is 9.87. The van der Waals surface area contributed by atoms with Crippen LogP contribution >= 0.6 is 12.6 Å². The summed E-state index contributed by atoms with van der Waals surface area (Å²) in [5.74, 6) is -10.7. The number of nitrogens with one attached hydrogen (secondary N) is 7. The molecule has 2 fully saturated rings. The summed E-state index contributed by atoms with van der Waals surface area (Å²) in [6.45, 7) is 14.9. The molecule has 131 heavy (non-hydrogen) atoms. The van der Waals surface area contributed by atoms with Gasteiger partial charge in [-0.05, 0) is 100.0 Å². The number of imidazole rings is 1. The standard InChI is InChI=1S/C92H142N12O26S/c1-64(2)52-77(84(110)57-68(11-8-25-96-65(3)93)92(118)104-26-9-14-80(104)81(107)20-21-86(94)112)101-89(115)67(10-6-7-24-97-87(113)23-27-119-28-29-120-30-31-121-32-33-122-34-35-123-36-37-124-38-39-125-40-41-126-42-43-127-44-45-128-46-47-129-48-49-130-50-51-131)56-83(109)78(53-66-15-17-73(106)18-16-66)102-91(117)71(62-105)59-85(111)79(55-70-60-98-75-13-5-4-12-74(70)75)103-90(116)69(54-72-61-95-63-99-72)58-82(108)76-19-22-88(114)100-76/h4-5,12-13,15-18,60-61,63-64,67-69,71,76-80,98,105-106,131H,6-11,14,19-59,62H2,1-3H3,(H2,93,96)(H2,94,112)(H,95,99)(H,97,113)(H,100,114)(H,101,115)(H,102,117)(H,103,116)/t67-,68+,69+,71-,76?,77-,78-,79-,80+/m0/s1. The van der Waals surface area contributed by atoms with Gasteiger partial charge in [0.1, 0.15) is 5.75 Å². The Hall–Kier alpha value is -9.07. The van der Waals surface area contributed by atoms with Crippen molar-refractivity contribution in [3.8, 4) is 5.75 Å². The molecule has 0 aliphatic carbocycles. The number of primary amides is 1. The molecule has 1 unspecified atom stereocenters. The molecule has 4 heterocycles. The van der Waals surface area contributed by atoms with Gasteiger partial charge in [-0.2, -0.15) is 12.6 Å². The van der Waals surface area contributed by atoms with Crippen molar-refractivity contribution in [3.05, 3.63) is 84.1 Å². The number of aromatic nitrogens is 3. The van der Waals surface area contributed by atoms with Crippen LogP contribution in [-0.4, -0.2) is 327 Å². The summed E-state index contributed by atoms with van der Waals surface area (Å²) >= 11 is 4.08. The Morgan fingerprint density at radius 2 is 1.06 bits per heavy atom. The summed E-state index contributed by atoms with van der Waals surface area (Å²) in [6, 6.07) is 7.44. The number of phenols is 1. The average molecular weight is 1860 g/mol. The van der Waals surface area contributed by atoms with E-state index in [1.165, 1.54) is 41.7 Å². The fraction of sp³-hybridized carbons (Fsp3) is 0.674. The van der Waals surface area contributed by atoms with Gasteiger partial charge in [-0.3, -0.25) is 62.5 Å². The first-order chi connectivity index (χ1) is 63.4. The summed E-state index contributed by atoms with van der Waals surface area (Å²) in [7, 11) is 0. The fourth-order valence-electron chi connectivity index (χ4n) is 14.9. The molecule has 0 radical (unpaired) electrons. The lowest BCUT2D eigenvalue weighted by Gasteiger charge is -2.29. The summed E-state index contributed by atoms with van der Waals surface area (Å²) in [5.41, 5.74) is 13.6. The number of fused-ring (bicyclic) bond motifs is 1. The van der Waals surface area contributed by atoms with Crippen LogP contribution in [0.15, 0.2) is 72.2 Å². The number of nitrogens with two attached hydrogens (primary N) is 2. The maximum atomic E-state index is 15.3. The molecule has 2 aromatic heterocycles. The number of ether oxygens (including phenoxy) is 12. The highest BCUT2D eigenvalue weighted by Gasteiger charge is 2.41. The Morgan fingerprint density at radius 1 is 0.557 bits per heavy atom. The van der Waals surface area contributed by atoms with Crippen molar-refractivity contribution in [1.29, 1.82) is 0 Å². The van der Waals surface area contributed by atoms with Crippen LogP contribution in [0, 0.1) is 29.6 Å². The van der Waals surface area contributed by atoms with Crippen molar-refractivity contribution in [2.24, 2.45) is 46.0 Å². The molecule has 7 amide bonds. The smallest absolute Gasteiger partial charge is 0.226 e. The van der Waals surface area contributed by atoms with Crippen molar-refractivity contribution in [2.45, 2.75) is 179 Å². The number of amides is 7. The molecular weight excluding hydrogens is 1720 g/mol. The number of unbranched alkanes of at least 4 members (excludes halogenated alkanes) is 1. The van der Waals surface area contributed by atoms with Gasteiger partial charge in [0.2, 0.25) is 41.4 Å². The van der Waals surface area contributed by atoms with Crippen molar-refractivity contribution in [1.82, 2.24) is 46.4 Å². The molecule has 2 aliphatic rings. The molecule has 2 saturated heterocycles. The number of likely N-dealkylation sites (tertiary alicyclic amines) is 1. The van der Waals surface area contributed by atoms with Gasteiger partial charge in [-0.15, -0.1) is 0 Å². The zero-order valence-corrected chi connectivity index (χ0v) is 77.3. The van der Waals surface area contributed by atoms with Crippen LogP contribution in [0.2, 0.25) is 0 Å². The second-order valence-corrected chi connectivity index (χ2v) is 33.2. The monoisotopic (exact) mass is 1860 g/mol. The van der Waals surface area contributed by atoms with Crippen molar-refractivity contribution in [3.63, 3.8) is 0 Å². The quantitative estimate of drug-likeness (QED) is 0.0130. The van der Waals surface area contributed by atoms with E-state index >= 15 is 9.59 Å². The zero-order valence-electron chi connectivity index (χ0n) is 76.4. The molecule has 0 spiro atoms. The summed E-state index contributed by atoms with van der Waals surface area (Å²) in [5, 5.41) is 36.3. The normalized spacial score (nSPS) is 15.6. The van der Waals surface area contributed by atoms with E-state index < -0.39 is 120 Å². The first-order valence-corrected chi connectivity index (χ1v) is 46.5. The maximum absolute atomic E-state index is 15.3. The number of H-pyrrole nitrogens is 2. The molecule has 6 rings (SSSR count). The summed E-state index contributed by atoms with van der Waals surface area (Å²) < 4.78 is 66.3. The van der Waals surface area contributed by atoms with Crippen LogP contribution in [-0.2, 0) is 134 Å². The van der Waals surface area contributed by atoms with Crippen molar-refractivity contribution in [2.75, 3.05) is 191 Å². The van der Waals surface area contributed by atoms with Gasteiger partial charge in [-0.25, -0.2) is 4.98 Å². The van der Waals surface area contributed by atoms with Crippen LogP contribution < -0.4 is 38.1 Å². The number of Topliss-reactive ketones (excluding diaryl/α,β-unsaturated/α-hetero) is 5. The number of aliphatic hydroxyl groups excluding tert-OH is 1. The van der Waals surface area contributed by atoms with E-state index in [0.717, 1.165) is 10.9 Å². The number of carbonyl (C=O) groups is 12. The van der Waals surface area contributed by atoms with E-state index in [2.05, 4.69) is 59.2 Å². The summed E-state index contributed by atoms with van der Waals surface area (Å²) in [4.78, 5) is 185. The Kier molecular flexibility index (Phi) is 56.0. The number of phenolic OH excluding ortho intramolecular Hbond substituents is 1. The van der Waals surface area contributed by atoms with Crippen molar-refractivity contribution >= 4 is 99.6 Å². The van der Waals surface area contributed by atoms with E-state index in [1.54, 1.807) is 19.2 Å². The fourth-order valence-corrected chi connectivity index (χ4v) is 15.0. The lowest BCUT2D eigenvalue weighted by molar-refractivity contribution is -0.143. The number of aromatic hydroxyl groups is 1. The number of para-hydroxylation sites is 1. The predicted octanol–water partition coefficient (Wildman–Crippen LogP) is 3.49. The second-order valence-electron chi connectivity index (χ2n) is 32.8. The third-order valence-corrected chi connectivity index (χ3v) is 22.1. The topological polar surface area (TPSA) is 528 Å². The number of thiol groups is 1. The molecule has 0 bridgehead atoms. The van der Waals surface area contributed by atoms with Gasteiger partial charge in [-0.1, -0.05) is 50.6 Å². The number of nitrogens with zero attached hydrogens (tertiary/aromatic N) is 3.